The zero-order valence-corrected chi connectivity index (χ0v) is 13.3. The summed E-state index contributed by atoms with van der Waals surface area (Å²) in [5, 5.41) is 3.02. The summed E-state index contributed by atoms with van der Waals surface area (Å²) >= 11 is 0. The molecule has 116 valence electrons. The molecule has 0 spiro atoms. The highest BCUT2D eigenvalue weighted by molar-refractivity contribution is 5.92. The predicted molar refractivity (Wildman–Crippen MR) is 84.8 cm³/mol. The van der Waals surface area contributed by atoms with Crippen molar-refractivity contribution in [3.05, 3.63) is 53.6 Å². The molecule has 0 unspecified atom stereocenters. The average Bonchev–Trinajstić information content (AvgIpc) is 2.53. The Morgan fingerprint density at radius 2 is 1.82 bits per heavy atom. The van der Waals surface area contributed by atoms with Crippen LogP contribution in [0.15, 0.2) is 36.7 Å². The van der Waals surface area contributed by atoms with Crippen LogP contribution in [0, 0.1) is 12.8 Å². The monoisotopic (exact) mass is 299 g/mol. The molecule has 1 atom stereocenters. The maximum atomic E-state index is 12.3. The van der Waals surface area contributed by atoms with Crippen LogP contribution in [0.25, 0.3) is 0 Å². The number of amides is 1. The molecule has 1 aromatic carbocycles. The molecule has 2 rings (SSSR count). The van der Waals surface area contributed by atoms with Crippen molar-refractivity contribution in [2.24, 2.45) is 5.92 Å². The molecule has 5 nitrogen and oxygen atoms in total. The topological polar surface area (TPSA) is 64.1 Å². The molecule has 0 fully saturated rings. The number of hydrogen-bond donors (Lipinski definition) is 1. The summed E-state index contributed by atoms with van der Waals surface area (Å²) < 4.78 is 5.17. The third-order valence-electron chi connectivity index (χ3n) is 3.44. The largest absolute Gasteiger partial charge is 0.497 e. The van der Waals surface area contributed by atoms with E-state index in [0.29, 0.717) is 5.69 Å². The van der Waals surface area contributed by atoms with Gasteiger partial charge in [-0.25, -0.2) is 4.98 Å². The highest BCUT2D eigenvalue weighted by atomic mass is 16.5. The van der Waals surface area contributed by atoms with Crippen LogP contribution >= 0.6 is 0 Å². The number of methoxy groups -OCH3 is 1. The van der Waals surface area contributed by atoms with Crippen molar-refractivity contribution < 1.29 is 9.53 Å². The van der Waals surface area contributed by atoms with Gasteiger partial charge in [-0.3, -0.25) is 9.78 Å². The predicted octanol–water partition coefficient (Wildman–Crippen LogP) is 2.92. The molecule has 0 aliphatic rings. The number of rotatable bonds is 5. The van der Waals surface area contributed by atoms with E-state index in [2.05, 4.69) is 29.1 Å². The fourth-order valence-corrected chi connectivity index (χ4v) is 2.17. The van der Waals surface area contributed by atoms with Gasteiger partial charge in [-0.05, 0) is 30.5 Å². The summed E-state index contributed by atoms with van der Waals surface area (Å²) in [6.07, 6.45) is 3.09. The molecule has 0 saturated carbocycles. The first kappa shape index (κ1) is 15.9. The van der Waals surface area contributed by atoms with Crippen LogP contribution in [0.2, 0.25) is 0 Å². The first-order valence-corrected chi connectivity index (χ1v) is 7.24. The molecule has 1 aromatic heterocycles. The van der Waals surface area contributed by atoms with E-state index in [9.17, 15) is 4.79 Å². The summed E-state index contributed by atoms with van der Waals surface area (Å²) in [5.74, 6) is 0.819. The van der Waals surface area contributed by atoms with Crippen molar-refractivity contribution >= 4 is 5.91 Å². The number of carbonyl (C=O) groups is 1. The molecule has 0 saturated heterocycles. The molecule has 5 heteroatoms. The minimum Gasteiger partial charge on any atom is -0.497 e. The van der Waals surface area contributed by atoms with Gasteiger partial charge in [0.1, 0.15) is 11.4 Å². The molecular formula is C17H21N3O2. The molecule has 0 aliphatic carbocycles. The van der Waals surface area contributed by atoms with E-state index >= 15 is 0 Å². The van der Waals surface area contributed by atoms with Crippen molar-refractivity contribution in [1.82, 2.24) is 15.3 Å². The van der Waals surface area contributed by atoms with Crippen LogP contribution < -0.4 is 10.1 Å². The number of nitrogens with one attached hydrogen (secondary N) is 1. The van der Waals surface area contributed by atoms with Gasteiger partial charge in [0.05, 0.1) is 25.0 Å². The number of nitrogens with zero attached hydrogens (tertiary/aromatic N) is 2. The van der Waals surface area contributed by atoms with E-state index < -0.39 is 0 Å². The standard InChI is InChI=1S/C17H21N3O2/c1-11(2)16(13-5-7-14(22-4)8-6-13)20-17(21)15-10-18-12(3)9-19-15/h5-11,16H,1-4H3,(H,20,21)/t16-/m0/s1. The lowest BCUT2D eigenvalue weighted by Crippen LogP contribution is -2.32. The number of carbonyl (C=O) groups excluding carboxylic acids is 1. The number of aromatic nitrogens is 2. The fraction of sp³-hybridized carbons (Fsp3) is 0.353. The van der Waals surface area contributed by atoms with Gasteiger partial charge in [0.2, 0.25) is 0 Å². The van der Waals surface area contributed by atoms with Crippen molar-refractivity contribution in [3.8, 4) is 5.75 Å². The molecule has 1 N–H and O–H groups in total. The zero-order valence-electron chi connectivity index (χ0n) is 13.3. The second-order valence-electron chi connectivity index (χ2n) is 5.51. The average molecular weight is 299 g/mol. The maximum Gasteiger partial charge on any atom is 0.271 e. The second kappa shape index (κ2) is 7.02. The Hall–Kier alpha value is -2.43. The Bertz CT molecular complexity index is 621. The Labute approximate surface area is 130 Å². The lowest BCUT2D eigenvalue weighted by Gasteiger charge is -2.23. The van der Waals surface area contributed by atoms with Gasteiger partial charge in [-0.1, -0.05) is 26.0 Å². The summed E-state index contributed by atoms with van der Waals surface area (Å²) in [4.78, 5) is 20.6. The molecular weight excluding hydrogens is 278 g/mol. The summed E-state index contributed by atoms with van der Waals surface area (Å²) in [6.45, 7) is 5.97. The highest BCUT2D eigenvalue weighted by Crippen LogP contribution is 2.24. The molecule has 0 radical (unpaired) electrons. The number of hydrogen-bond acceptors (Lipinski definition) is 4. The van der Waals surface area contributed by atoms with Gasteiger partial charge in [0.25, 0.3) is 5.91 Å². The molecule has 0 aliphatic heterocycles. The molecule has 22 heavy (non-hydrogen) atoms. The van der Waals surface area contributed by atoms with Crippen molar-refractivity contribution in [2.75, 3.05) is 7.11 Å². The molecule has 1 amide bonds. The quantitative estimate of drug-likeness (QED) is 0.922. The molecule has 2 aromatic rings. The number of ether oxygens (including phenoxy) is 1. The van der Waals surface area contributed by atoms with Gasteiger partial charge in [-0.2, -0.15) is 0 Å². The van der Waals surface area contributed by atoms with Crippen LogP contribution in [0.4, 0.5) is 0 Å². The van der Waals surface area contributed by atoms with Gasteiger partial charge in [0.15, 0.2) is 0 Å². The first-order valence-electron chi connectivity index (χ1n) is 7.24. The summed E-state index contributed by atoms with van der Waals surface area (Å²) in [6, 6.07) is 7.61. The van der Waals surface area contributed by atoms with E-state index in [1.807, 2.05) is 31.2 Å². The highest BCUT2D eigenvalue weighted by Gasteiger charge is 2.20. The third-order valence-corrected chi connectivity index (χ3v) is 3.44. The van der Waals surface area contributed by atoms with Gasteiger partial charge < -0.3 is 10.1 Å². The fourth-order valence-electron chi connectivity index (χ4n) is 2.17. The zero-order chi connectivity index (χ0) is 16.1. The Morgan fingerprint density at radius 3 is 2.32 bits per heavy atom. The first-order chi connectivity index (χ1) is 10.5. The number of aryl methyl sites for hydroxylation is 1. The Morgan fingerprint density at radius 1 is 1.14 bits per heavy atom. The second-order valence-corrected chi connectivity index (χ2v) is 5.51. The van der Waals surface area contributed by atoms with Crippen molar-refractivity contribution in [2.45, 2.75) is 26.8 Å². The third kappa shape index (κ3) is 3.81. The smallest absolute Gasteiger partial charge is 0.271 e. The van der Waals surface area contributed by atoms with E-state index in [4.69, 9.17) is 4.74 Å². The summed E-state index contributed by atoms with van der Waals surface area (Å²) in [7, 11) is 1.63. The maximum absolute atomic E-state index is 12.3. The van der Waals surface area contributed by atoms with Crippen molar-refractivity contribution in [3.63, 3.8) is 0 Å². The van der Waals surface area contributed by atoms with Crippen LogP contribution in [-0.2, 0) is 0 Å². The van der Waals surface area contributed by atoms with E-state index in [0.717, 1.165) is 17.0 Å². The Balaban J connectivity index is 2.17. The van der Waals surface area contributed by atoms with E-state index in [1.165, 1.54) is 6.20 Å². The Kier molecular flexibility index (Phi) is 5.09. The minimum atomic E-state index is -0.220. The molecule has 0 bridgehead atoms. The van der Waals surface area contributed by atoms with Gasteiger partial charge in [-0.15, -0.1) is 0 Å². The SMILES string of the molecule is COc1ccc([C@@H](NC(=O)c2cnc(C)cn2)C(C)C)cc1. The van der Waals surface area contributed by atoms with Gasteiger partial charge in [0, 0.05) is 6.20 Å². The van der Waals surface area contributed by atoms with E-state index in [1.54, 1.807) is 13.3 Å². The normalized spacial score (nSPS) is 12.0. The lowest BCUT2D eigenvalue weighted by atomic mass is 9.96. The van der Waals surface area contributed by atoms with Crippen LogP contribution in [0.1, 0.15) is 41.6 Å². The van der Waals surface area contributed by atoms with Crippen LogP contribution in [0.5, 0.6) is 5.75 Å². The van der Waals surface area contributed by atoms with Crippen LogP contribution in [-0.4, -0.2) is 23.0 Å². The van der Waals surface area contributed by atoms with E-state index in [-0.39, 0.29) is 17.9 Å². The summed E-state index contributed by atoms with van der Waals surface area (Å²) in [5.41, 5.74) is 2.14. The molecule has 1 heterocycles. The number of benzene rings is 1. The van der Waals surface area contributed by atoms with Gasteiger partial charge >= 0.3 is 0 Å². The van der Waals surface area contributed by atoms with Crippen molar-refractivity contribution in [1.29, 1.82) is 0 Å². The lowest BCUT2D eigenvalue weighted by molar-refractivity contribution is 0.0920. The van der Waals surface area contributed by atoms with Crippen LogP contribution in [0.3, 0.4) is 0 Å². The minimum absolute atomic E-state index is 0.0958.